The molecule has 0 bridgehead atoms. The van der Waals surface area contributed by atoms with Gasteiger partial charge in [0.1, 0.15) is 11.4 Å². The molecule has 0 amide bonds. The Morgan fingerprint density at radius 3 is 2.41 bits per heavy atom. The molecule has 0 aliphatic carbocycles. The molecule has 1 fully saturated rings. The molecule has 3 unspecified atom stereocenters. The van der Waals surface area contributed by atoms with Crippen LogP contribution in [0.15, 0.2) is 17.1 Å². The van der Waals surface area contributed by atoms with Gasteiger partial charge in [0, 0.05) is 24.1 Å². The van der Waals surface area contributed by atoms with E-state index in [2.05, 4.69) is 27.8 Å². The fourth-order valence-corrected chi connectivity index (χ4v) is 4.73. The maximum Gasteiger partial charge on any atom is 0.310 e. The highest BCUT2D eigenvalue weighted by Gasteiger charge is 2.36. The Kier molecular flexibility index (Phi) is 14.6. The molecule has 2 heterocycles. The first kappa shape index (κ1) is 38.1. The minimum absolute atomic E-state index is 0.0227. The summed E-state index contributed by atoms with van der Waals surface area (Å²) in [5.74, 6) is 2.10. The minimum Gasteiger partial charge on any atom is -0.481 e. The Labute approximate surface area is 260 Å². The molecule has 3 atom stereocenters. The minimum atomic E-state index is -0.876. The number of benzene rings is 1. The molecule has 242 valence electrons. The predicted molar refractivity (Wildman–Crippen MR) is 170 cm³/mol. The van der Waals surface area contributed by atoms with Crippen molar-refractivity contribution in [3.63, 3.8) is 0 Å². The summed E-state index contributed by atoms with van der Waals surface area (Å²) >= 11 is 0. The average Bonchev–Trinajstić information content (AvgIpc) is 3.28. The van der Waals surface area contributed by atoms with Crippen LogP contribution in [0, 0.1) is 45.1 Å². The number of aliphatic imine (C=N–C) groups is 1. The number of ether oxygens (including phenoxy) is 2. The normalized spacial score (nSPS) is 18.4. The van der Waals surface area contributed by atoms with E-state index in [1.165, 1.54) is 6.92 Å². The van der Waals surface area contributed by atoms with E-state index < -0.39 is 29.0 Å². The number of anilines is 1. The van der Waals surface area contributed by atoms with Crippen molar-refractivity contribution in [3.8, 4) is 18.1 Å². The lowest BCUT2D eigenvalue weighted by Crippen LogP contribution is -2.31. The number of carbonyl (C=O) groups is 2. The number of aliphatic carboxylic acids is 1. The van der Waals surface area contributed by atoms with Gasteiger partial charge in [-0.3, -0.25) is 14.6 Å². The van der Waals surface area contributed by atoms with Gasteiger partial charge >= 0.3 is 18.0 Å². The summed E-state index contributed by atoms with van der Waals surface area (Å²) in [6.45, 7) is 16.5. The lowest BCUT2D eigenvalue weighted by molar-refractivity contribution is -0.138. The Morgan fingerprint density at radius 2 is 1.98 bits per heavy atom. The van der Waals surface area contributed by atoms with Gasteiger partial charge in [-0.05, 0) is 70.1 Å². The van der Waals surface area contributed by atoms with Crippen LogP contribution in [0.4, 0.5) is 15.9 Å². The third-order valence-corrected chi connectivity index (χ3v) is 7.03. The van der Waals surface area contributed by atoms with Crippen molar-refractivity contribution in [1.82, 2.24) is 9.97 Å². The van der Waals surface area contributed by atoms with Crippen molar-refractivity contribution >= 4 is 29.7 Å². The number of halogens is 1. The van der Waals surface area contributed by atoms with Crippen LogP contribution in [-0.4, -0.2) is 56.6 Å². The largest absolute Gasteiger partial charge is 0.481 e. The van der Waals surface area contributed by atoms with Gasteiger partial charge < -0.3 is 25.4 Å². The maximum atomic E-state index is 12.7. The molecule has 11 heteroatoms. The maximum absolute atomic E-state index is 12.7. The summed E-state index contributed by atoms with van der Waals surface area (Å²) in [4.78, 5) is 33.4. The number of nitrogen functional groups attached to an aromatic ring is 1. The average molecular weight is 615 g/mol. The van der Waals surface area contributed by atoms with E-state index in [1.54, 1.807) is 19.2 Å². The molecule has 10 nitrogen and oxygen atoms in total. The number of aliphatic hydroxyl groups is 1. The van der Waals surface area contributed by atoms with Crippen LogP contribution < -0.4 is 10.5 Å². The third-order valence-electron chi connectivity index (χ3n) is 7.03. The summed E-state index contributed by atoms with van der Waals surface area (Å²) in [7, 11) is 0. The highest BCUT2D eigenvalue weighted by Crippen LogP contribution is 2.38. The molecule has 0 radical (unpaired) electrons. The topological polar surface area (TPSA) is 157 Å². The second kappa shape index (κ2) is 16.8. The van der Waals surface area contributed by atoms with Crippen molar-refractivity contribution in [2.75, 3.05) is 12.3 Å². The highest BCUT2D eigenvalue weighted by molar-refractivity contribution is 5.73. The van der Waals surface area contributed by atoms with Gasteiger partial charge in [0.2, 0.25) is 0 Å². The molecule has 0 saturated carbocycles. The fourth-order valence-electron chi connectivity index (χ4n) is 4.73. The number of terminal acetylenes is 1. The Bertz CT molecular complexity index is 1350. The number of esters is 1. The number of nitrogens with zero attached hydrogens (tertiary/aromatic N) is 3. The number of carboxylic acids is 1. The van der Waals surface area contributed by atoms with Gasteiger partial charge in [0.05, 0.1) is 24.8 Å². The second-order valence-electron chi connectivity index (χ2n) is 11.7. The van der Waals surface area contributed by atoms with Crippen LogP contribution in [0.5, 0.6) is 5.75 Å². The molecular formula is C33H47FN4O6. The van der Waals surface area contributed by atoms with E-state index >= 15 is 0 Å². The highest BCUT2D eigenvalue weighted by atomic mass is 19.1. The van der Waals surface area contributed by atoms with Crippen molar-refractivity contribution < 1.29 is 33.7 Å². The smallest absolute Gasteiger partial charge is 0.310 e. The first-order valence-corrected chi connectivity index (χ1v) is 14.5. The van der Waals surface area contributed by atoms with Gasteiger partial charge in [-0.25, -0.2) is 4.98 Å². The molecule has 1 aliphatic heterocycles. The number of carbonyl (C=O) groups excluding carboxylic acids is 1. The summed E-state index contributed by atoms with van der Waals surface area (Å²) < 4.78 is 23.3. The molecule has 2 aromatic rings. The number of hydrogen-bond acceptors (Lipinski definition) is 9. The van der Waals surface area contributed by atoms with Crippen LogP contribution in [-0.2, 0) is 19.7 Å². The lowest BCUT2D eigenvalue weighted by Gasteiger charge is -2.27. The Morgan fingerprint density at radius 1 is 1.34 bits per heavy atom. The first-order valence-electron chi connectivity index (χ1n) is 14.5. The summed E-state index contributed by atoms with van der Waals surface area (Å²) in [5, 5.41) is 17.9. The van der Waals surface area contributed by atoms with E-state index in [0.717, 1.165) is 36.0 Å². The summed E-state index contributed by atoms with van der Waals surface area (Å²) in [6.07, 6.45) is 9.07. The molecule has 4 N–H and O–H groups in total. The van der Waals surface area contributed by atoms with Crippen molar-refractivity contribution in [2.24, 2.45) is 10.9 Å². The summed E-state index contributed by atoms with van der Waals surface area (Å²) in [5.41, 5.74) is 7.87. The number of hydrogen-bond donors (Lipinski definition) is 3. The van der Waals surface area contributed by atoms with Crippen molar-refractivity contribution in [2.45, 2.75) is 105 Å². The van der Waals surface area contributed by atoms with Gasteiger partial charge in [-0.1, -0.05) is 39.7 Å². The predicted octanol–water partition coefficient (Wildman–Crippen LogP) is 5.79. The van der Waals surface area contributed by atoms with Gasteiger partial charge in [-0.15, -0.1) is 6.42 Å². The molecule has 3 rings (SSSR count). The van der Waals surface area contributed by atoms with E-state index in [1.807, 2.05) is 47.6 Å². The van der Waals surface area contributed by atoms with E-state index in [4.69, 9.17) is 31.8 Å². The number of aryl methyl sites for hydroxylation is 3. The van der Waals surface area contributed by atoms with Gasteiger partial charge in [0.25, 0.3) is 0 Å². The molecule has 1 aliphatic rings. The molecule has 1 aromatic heterocycles. The summed E-state index contributed by atoms with van der Waals surface area (Å²) in [6, 6.07) is 3.74. The van der Waals surface area contributed by atoms with E-state index in [0.29, 0.717) is 23.0 Å². The first-order chi connectivity index (χ1) is 20.4. The molecule has 1 aromatic carbocycles. The number of aromatic nitrogens is 2. The van der Waals surface area contributed by atoms with Crippen LogP contribution in [0.3, 0.4) is 0 Å². The van der Waals surface area contributed by atoms with Crippen LogP contribution in [0.2, 0.25) is 0 Å². The van der Waals surface area contributed by atoms with Crippen LogP contribution in [0.1, 0.15) is 89.6 Å². The fraction of sp³-hybridized carbons (Fsp3) is 0.545. The number of nitrogens with two attached hydrogens (primary N) is 1. The SMILES string of the molecule is C#CC1(CO)CCC(C)O1.CC(=O)Oc1cc(C)cc(C)c1C(C)(C)CC(=O)O.CCC(C)C=Nc1c(C)nc(F)nc1N. The van der Waals surface area contributed by atoms with Crippen LogP contribution >= 0.6 is 0 Å². The standard InChI is InChI=1S/C15H20O4.C10H15FN4.C8H12O2/c1-9-6-10(2)14(12(7-9)19-11(3)16)15(4,5)8-13(17)18;1-4-6(2)5-13-8-7(3)14-10(11)15-9(8)12;1-3-8(6-9)5-4-7(2)10-8/h6-7H,8H2,1-5H3,(H,17,18);5-6H,4H2,1-3H3,(H2,12,14,15);1,7,9H,4-6H2,2H3. The quantitative estimate of drug-likeness (QED) is 0.110. The zero-order valence-corrected chi connectivity index (χ0v) is 27.3. The van der Waals surface area contributed by atoms with Crippen LogP contribution in [0.25, 0.3) is 0 Å². The molecule has 44 heavy (non-hydrogen) atoms. The third kappa shape index (κ3) is 11.7. The van der Waals surface area contributed by atoms with Gasteiger partial charge in [-0.2, -0.15) is 9.37 Å². The van der Waals surface area contributed by atoms with E-state index in [-0.39, 0.29) is 24.9 Å². The van der Waals surface area contributed by atoms with E-state index in [9.17, 15) is 14.0 Å². The monoisotopic (exact) mass is 614 g/mol. The molecular weight excluding hydrogens is 567 g/mol. The number of carboxylic acid groups (broad SMARTS) is 1. The zero-order valence-electron chi connectivity index (χ0n) is 27.3. The lowest BCUT2D eigenvalue weighted by atomic mass is 9.78. The molecule has 1 saturated heterocycles. The van der Waals surface area contributed by atoms with Crippen molar-refractivity contribution in [1.29, 1.82) is 0 Å². The van der Waals surface area contributed by atoms with Gasteiger partial charge in [0.15, 0.2) is 11.4 Å². The van der Waals surface area contributed by atoms with Crippen molar-refractivity contribution in [3.05, 3.63) is 40.6 Å². The number of rotatable bonds is 8. The Hall–Kier alpha value is -3.88. The Balaban J connectivity index is 0.000000346. The second-order valence-corrected chi connectivity index (χ2v) is 11.7. The zero-order chi connectivity index (χ0) is 33.8. The molecule has 0 spiro atoms. The number of aliphatic hydroxyl groups excluding tert-OH is 1.